The van der Waals surface area contributed by atoms with E-state index in [0.29, 0.717) is 13.0 Å². The van der Waals surface area contributed by atoms with E-state index in [-0.39, 0.29) is 12.1 Å². The molecule has 0 aromatic rings. The van der Waals surface area contributed by atoms with E-state index in [0.717, 1.165) is 6.42 Å². The largest absolute Gasteiger partial charge is 0.464 e. The van der Waals surface area contributed by atoms with Crippen molar-refractivity contribution in [3.63, 3.8) is 0 Å². The SMILES string of the molecule is CCCCCCCCCCCCCC(=O)OC(C)C.CCOC(=O)C(C)O. The Kier molecular flexibility index (Phi) is 22.1. The molecule has 0 heterocycles. The molecule has 0 aliphatic heterocycles. The van der Waals surface area contributed by atoms with E-state index >= 15 is 0 Å². The number of hydrogen-bond donors (Lipinski definition) is 1. The van der Waals surface area contributed by atoms with Crippen LogP contribution in [-0.2, 0) is 19.1 Å². The van der Waals surface area contributed by atoms with Gasteiger partial charge in [-0.1, -0.05) is 71.1 Å². The van der Waals surface area contributed by atoms with Crippen molar-refractivity contribution in [1.82, 2.24) is 0 Å². The summed E-state index contributed by atoms with van der Waals surface area (Å²) >= 11 is 0. The molecule has 1 atom stereocenters. The molecule has 27 heavy (non-hydrogen) atoms. The standard InChI is InChI=1S/C17H34O2.C5H10O3/c1-4-5-6-7-8-9-10-11-12-13-14-15-17(18)19-16(2)3;1-3-8-5(7)4(2)6/h16H,4-15H2,1-3H3;4,6H,3H2,1-2H3. The number of hydrogen-bond acceptors (Lipinski definition) is 5. The Morgan fingerprint density at radius 3 is 1.56 bits per heavy atom. The van der Waals surface area contributed by atoms with Crippen molar-refractivity contribution < 1.29 is 24.2 Å². The number of carbonyl (C=O) groups is 2. The lowest BCUT2D eigenvalue weighted by Crippen LogP contribution is -2.18. The second-order valence-electron chi connectivity index (χ2n) is 7.25. The van der Waals surface area contributed by atoms with Crippen molar-refractivity contribution in [3.8, 4) is 0 Å². The number of esters is 2. The highest BCUT2D eigenvalue weighted by Gasteiger charge is 2.07. The molecule has 0 aromatic heterocycles. The number of carbonyl (C=O) groups excluding carboxylic acids is 2. The maximum atomic E-state index is 11.3. The number of aliphatic hydroxyl groups is 1. The molecule has 0 rings (SSSR count). The van der Waals surface area contributed by atoms with E-state index in [9.17, 15) is 9.59 Å². The zero-order chi connectivity index (χ0) is 20.9. The van der Waals surface area contributed by atoms with Crippen LogP contribution in [0.4, 0.5) is 0 Å². The number of ether oxygens (including phenoxy) is 2. The van der Waals surface area contributed by atoms with Gasteiger partial charge >= 0.3 is 11.9 Å². The Morgan fingerprint density at radius 1 is 0.778 bits per heavy atom. The van der Waals surface area contributed by atoms with Gasteiger partial charge < -0.3 is 14.6 Å². The second-order valence-corrected chi connectivity index (χ2v) is 7.25. The number of unbranched alkanes of at least 4 members (excludes halogenated alkanes) is 10. The fourth-order valence-corrected chi connectivity index (χ4v) is 2.52. The summed E-state index contributed by atoms with van der Waals surface area (Å²) in [6.07, 6.45) is 14.1. The van der Waals surface area contributed by atoms with Crippen molar-refractivity contribution >= 4 is 11.9 Å². The maximum Gasteiger partial charge on any atom is 0.334 e. The van der Waals surface area contributed by atoms with Gasteiger partial charge in [0.25, 0.3) is 0 Å². The Labute approximate surface area is 167 Å². The van der Waals surface area contributed by atoms with E-state index in [1.54, 1.807) is 6.92 Å². The topological polar surface area (TPSA) is 72.8 Å². The summed E-state index contributed by atoms with van der Waals surface area (Å²) < 4.78 is 9.52. The predicted molar refractivity (Wildman–Crippen MR) is 111 cm³/mol. The van der Waals surface area contributed by atoms with Gasteiger partial charge in [-0.3, -0.25) is 4.79 Å². The lowest BCUT2D eigenvalue weighted by molar-refractivity contribution is -0.152. The Bertz CT molecular complexity index is 340. The van der Waals surface area contributed by atoms with Crippen LogP contribution in [0.2, 0.25) is 0 Å². The summed E-state index contributed by atoms with van der Waals surface area (Å²) in [7, 11) is 0. The summed E-state index contributed by atoms with van der Waals surface area (Å²) in [6, 6.07) is 0. The molecule has 162 valence electrons. The van der Waals surface area contributed by atoms with E-state index < -0.39 is 12.1 Å². The molecule has 0 bridgehead atoms. The third-order valence-corrected chi connectivity index (χ3v) is 3.98. The average molecular weight is 389 g/mol. The van der Waals surface area contributed by atoms with E-state index in [4.69, 9.17) is 9.84 Å². The van der Waals surface area contributed by atoms with Gasteiger partial charge in [0.05, 0.1) is 12.7 Å². The van der Waals surface area contributed by atoms with Gasteiger partial charge in [0.2, 0.25) is 0 Å². The zero-order valence-electron chi connectivity index (χ0n) is 18.4. The lowest BCUT2D eigenvalue weighted by atomic mass is 10.1. The molecule has 0 spiro atoms. The third kappa shape index (κ3) is 24.9. The van der Waals surface area contributed by atoms with Crippen LogP contribution in [0.5, 0.6) is 0 Å². The Morgan fingerprint density at radius 2 is 1.22 bits per heavy atom. The molecule has 0 amide bonds. The van der Waals surface area contributed by atoms with Crippen LogP contribution in [0.3, 0.4) is 0 Å². The minimum Gasteiger partial charge on any atom is -0.464 e. The van der Waals surface area contributed by atoms with Gasteiger partial charge in [-0.15, -0.1) is 0 Å². The molecular formula is C22H44O5. The van der Waals surface area contributed by atoms with Crippen LogP contribution >= 0.6 is 0 Å². The summed E-state index contributed by atoms with van der Waals surface area (Å²) in [5, 5.41) is 8.48. The van der Waals surface area contributed by atoms with Crippen molar-refractivity contribution in [2.24, 2.45) is 0 Å². The second kappa shape index (κ2) is 21.2. The zero-order valence-corrected chi connectivity index (χ0v) is 18.4. The van der Waals surface area contributed by atoms with E-state index in [1.165, 1.54) is 71.1 Å². The molecule has 0 fully saturated rings. The van der Waals surface area contributed by atoms with Crippen molar-refractivity contribution in [1.29, 1.82) is 0 Å². The molecule has 1 N–H and O–H groups in total. The summed E-state index contributed by atoms with van der Waals surface area (Å²) in [4.78, 5) is 21.6. The molecule has 0 aliphatic carbocycles. The Balaban J connectivity index is 0. The van der Waals surface area contributed by atoms with Crippen LogP contribution < -0.4 is 0 Å². The normalized spacial score (nSPS) is 11.5. The highest BCUT2D eigenvalue weighted by molar-refractivity contribution is 5.73. The van der Waals surface area contributed by atoms with Crippen LogP contribution in [0.25, 0.3) is 0 Å². The third-order valence-electron chi connectivity index (χ3n) is 3.98. The molecule has 0 saturated heterocycles. The first kappa shape index (κ1) is 28.1. The minimum atomic E-state index is -0.991. The highest BCUT2D eigenvalue weighted by atomic mass is 16.5. The van der Waals surface area contributed by atoms with Gasteiger partial charge in [0.1, 0.15) is 6.10 Å². The summed E-state index contributed by atoms with van der Waals surface area (Å²) in [5.41, 5.74) is 0. The molecular weight excluding hydrogens is 344 g/mol. The summed E-state index contributed by atoms with van der Waals surface area (Å²) in [5.74, 6) is -0.599. The fourth-order valence-electron chi connectivity index (χ4n) is 2.52. The average Bonchev–Trinajstić information content (AvgIpc) is 2.59. The smallest absolute Gasteiger partial charge is 0.334 e. The molecule has 0 aliphatic rings. The van der Waals surface area contributed by atoms with Gasteiger partial charge in [-0.2, -0.15) is 0 Å². The van der Waals surface area contributed by atoms with Crippen LogP contribution in [0.15, 0.2) is 0 Å². The van der Waals surface area contributed by atoms with Gasteiger partial charge in [0, 0.05) is 6.42 Å². The van der Waals surface area contributed by atoms with Gasteiger partial charge in [0.15, 0.2) is 0 Å². The minimum absolute atomic E-state index is 0.0280. The fraction of sp³-hybridized carbons (Fsp3) is 0.909. The number of rotatable bonds is 15. The first-order valence-electron chi connectivity index (χ1n) is 10.9. The first-order chi connectivity index (χ1) is 12.8. The van der Waals surface area contributed by atoms with Crippen LogP contribution in [0, 0.1) is 0 Å². The van der Waals surface area contributed by atoms with Crippen molar-refractivity contribution in [2.75, 3.05) is 6.61 Å². The Hall–Kier alpha value is -1.10. The molecule has 1 unspecified atom stereocenters. The van der Waals surface area contributed by atoms with E-state index in [1.807, 2.05) is 13.8 Å². The summed E-state index contributed by atoms with van der Waals surface area (Å²) in [6.45, 7) is 9.45. The first-order valence-corrected chi connectivity index (χ1v) is 10.9. The quantitative estimate of drug-likeness (QED) is 0.293. The van der Waals surface area contributed by atoms with Gasteiger partial charge in [-0.05, 0) is 34.1 Å². The van der Waals surface area contributed by atoms with E-state index in [2.05, 4.69) is 11.7 Å². The molecule has 0 aromatic carbocycles. The predicted octanol–water partition coefficient (Wildman–Crippen LogP) is 5.57. The molecule has 5 heteroatoms. The monoisotopic (exact) mass is 388 g/mol. The maximum absolute atomic E-state index is 11.3. The van der Waals surface area contributed by atoms with Crippen LogP contribution in [-0.4, -0.2) is 35.9 Å². The van der Waals surface area contributed by atoms with Crippen molar-refractivity contribution in [2.45, 2.75) is 124 Å². The molecule has 5 nitrogen and oxygen atoms in total. The van der Waals surface area contributed by atoms with Crippen LogP contribution in [0.1, 0.15) is 112 Å². The molecule has 0 saturated carbocycles. The highest BCUT2D eigenvalue weighted by Crippen LogP contribution is 2.12. The van der Waals surface area contributed by atoms with Crippen molar-refractivity contribution in [3.05, 3.63) is 0 Å². The number of aliphatic hydroxyl groups excluding tert-OH is 1. The lowest BCUT2D eigenvalue weighted by Gasteiger charge is -2.07. The molecule has 0 radical (unpaired) electrons. The van der Waals surface area contributed by atoms with Gasteiger partial charge in [-0.25, -0.2) is 4.79 Å².